The molecule has 2 heterocycles. The highest BCUT2D eigenvalue weighted by molar-refractivity contribution is 7.22. The molecule has 2 aromatic carbocycles. The maximum atomic E-state index is 13.9. The third-order valence-electron chi connectivity index (χ3n) is 5.67. The van der Waals surface area contributed by atoms with Crippen molar-refractivity contribution in [3.8, 4) is 5.75 Å². The topological polar surface area (TPSA) is 54.9 Å². The Labute approximate surface area is 191 Å². The van der Waals surface area contributed by atoms with Gasteiger partial charge in [-0.1, -0.05) is 23.5 Å². The fraction of sp³-hybridized carbons (Fsp3) is 0.417. The van der Waals surface area contributed by atoms with Crippen molar-refractivity contribution in [1.82, 2.24) is 9.88 Å². The van der Waals surface area contributed by atoms with E-state index in [2.05, 4.69) is 30.9 Å². The molecule has 4 rings (SSSR count). The molecular formula is C24H28FN3O3S. The smallest absolute Gasteiger partial charge is 0.266 e. The van der Waals surface area contributed by atoms with Crippen molar-refractivity contribution in [3.63, 3.8) is 0 Å². The number of halogens is 1. The van der Waals surface area contributed by atoms with Gasteiger partial charge in [0.05, 0.1) is 23.4 Å². The van der Waals surface area contributed by atoms with Crippen LogP contribution in [0.25, 0.3) is 10.2 Å². The number of morpholine rings is 1. The van der Waals surface area contributed by atoms with Crippen molar-refractivity contribution in [1.29, 1.82) is 0 Å². The van der Waals surface area contributed by atoms with Crippen molar-refractivity contribution in [2.75, 3.05) is 50.9 Å². The average molecular weight is 458 g/mol. The minimum absolute atomic E-state index is 0.0738. The van der Waals surface area contributed by atoms with Gasteiger partial charge in [0.2, 0.25) is 0 Å². The third kappa shape index (κ3) is 5.43. The van der Waals surface area contributed by atoms with E-state index in [1.54, 1.807) is 17.0 Å². The second-order valence-electron chi connectivity index (χ2n) is 7.97. The van der Waals surface area contributed by atoms with Crippen LogP contribution in [0.3, 0.4) is 0 Å². The predicted molar refractivity (Wildman–Crippen MR) is 125 cm³/mol. The molecular weight excluding hydrogens is 429 g/mol. The van der Waals surface area contributed by atoms with Crippen LogP contribution in [0.5, 0.6) is 5.75 Å². The first kappa shape index (κ1) is 22.6. The fourth-order valence-corrected chi connectivity index (χ4v) is 4.76. The van der Waals surface area contributed by atoms with Crippen molar-refractivity contribution < 1.29 is 18.7 Å². The summed E-state index contributed by atoms with van der Waals surface area (Å²) in [5.74, 6) is -0.641. The standard InChI is InChI=1S/C24H28FN3O3S/c1-17-14-20-22(15-18(17)2)32-24(26-20)28(9-5-8-27-10-12-30-13-11-27)23(29)16-31-21-7-4-3-6-19(21)25/h3-4,6-7,14-15H,5,8-13,16H2,1-2H3. The van der Waals surface area contributed by atoms with Gasteiger partial charge in [-0.3, -0.25) is 14.6 Å². The normalized spacial score (nSPS) is 14.6. The lowest BCUT2D eigenvalue weighted by atomic mass is 10.1. The van der Waals surface area contributed by atoms with Crippen LogP contribution in [0.1, 0.15) is 17.5 Å². The van der Waals surface area contributed by atoms with Gasteiger partial charge >= 0.3 is 0 Å². The molecule has 0 radical (unpaired) electrons. The number of para-hydroxylation sites is 1. The molecule has 1 aromatic heterocycles. The Morgan fingerprint density at radius 2 is 1.97 bits per heavy atom. The number of hydrogen-bond donors (Lipinski definition) is 0. The number of thiazole rings is 1. The Morgan fingerprint density at radius 3 is 2.75 bits per heavy atom. The maximum Gasteiger partial charge on any atom is 0.266 e. The third-order valence-corrected chi connectivity index (χ3v) is 6.71. The highest BCUT2D eigenvalue weighted by atomic mass is 32.1. The van der Waals surface area contributed by atoms with Crippen molar-refractivity contribution >= 4 is 32.6 Å². The first-order chi connectivity index (χ1) is 15.5. The average Bonchev–Trinajstić information content (AvgIpc) is 3.19. The van der Waals surface area contributed by atoms with Gasteiger partial charge in [-0.05, 0) is 55.7 Å². The summed E-state index contributed by atoms with van der Waals surface area (Å²) in [5.41, 5.74) is 3.25. The van der Waals surface area contributed by atoms with E-state index in [9.17, 15) is 9.18 Å². The van der Waals surface area contributed by atoms with E-state index in [1.165, 1.54) is 34.6 Å². The second kappa shape index (κ2) is 10.4. The number of amides is 1. The second-order valence-corrected chi connectivity index (χ2v) is 8.98. The van der Waals surface area contributed by atoms with Crippen LogP contribution in [0.15, 0.2) is 36.4 Å². The summed E-state index contributed by atoms with van der Waals surface area (Å²) in [6.07, 6.45) is 0.805. The maximum absolute atomic E-state index is 13.9. The molecule has 170 valence electrons. The summed E-state index contributed by atoms with van der Waals surface area (Å²) < 4.78 is 25.9. The van der Waals surface area contributed by atoms with Crippen molar-refractivity contribution in [2.45, 2.75) is 20.3 Å². The number of carbonyl (C=O) groups excluding carboxylic acids is 1. The summed E-state index contributed by atoms with van der Waals surface area (Å²) in [7, 11) is 0. The van der Waals surface area contributed by atoms with Crippen LogP contribution in [-0.2, 0) is 9.53 Å². The molecule has 3 aromatic rings. The summed E-state index contributed by atoms with van der Waals surface area (Å²) in [6, 6.07) is 10.3. The summed E-state index contributed by atoms with van der Waals surface area (Å²) in [5, 5.41) is 0.647. The van der Waals surface area contributed by atoms with E-state index < -0.39 is 5.82 Å². The van der Waals surface area contributed by atoms with E-state index in [0.717, 1.165) is 49.5 Å². The zero-order valence-corrected chi connectivity index (χ0v) is 19.3. The summed E-state index contributed by atoms with van der Waals surface area (Å²) in [4.78, 5) is 21.9. The molecule has 1 saturated heterocycles. The van der Waals surface area contributed by atoms with Crippen molar-refractivity contribution in [2.24, 2.45) is 0 Å². The number of ether oxygens (including phenoxy) is 2. The number of benzene rings is 2. The van der Waals surface area contributed by atoms with E-state index in [0.29, 0.717) is 11.7 Å². The van der Waals surface area contributed by atoms with E-state index in [-0.39, 0.29) is 18.3 Å². The number of anilines is 1. The lowest BCUT2D eigenvalue weighted by Gasteiger charge is -2.27. The van der Waals surface area contributed by atoms with Crippen molar-refractivity contribution in [3.05, 3.63) is 53.3 Å². The highest BCUT2D eigenvalue weighted by Crippen LogP contribution is 2.31. The van der Waals surface area contributed by atoms with Crippen LogP contribution in [0.2, 0.25) is 0 Å². The van der Waals surface area contributed by atoms with Crippen LogP contribution >= 0.6 is 11.3 Å². The van der Waals surface area contributed by atoms with Crippen LogP contribution in [-0.4, -0.2) is 61.8 Å². The Morgan fingerprint density at radius 1 is 1.22 bits per heavy atom. The van der Waals surface area contributed by atoms with Crippen LogP contribution < -0.4 is 9.64 Å². The first-order valence-corrected chi connectivity index (χ1v) is 11.7. The molecule has 6 nitrogen and oxygen atoms in total. The van der Waals surface area contributed by atoms with Gasteiger partial charge in [-0.25, -0.2) is 9.37 Å². The summed E-state index contributed by atoms with van der Waals surface area (Å²) in [6.45, 7) is 8.59. The number of hydrogen-bond acceptors (Lipinski definition) is 6. The van der Waals surface area contributed by atoms with Gasteiger partial charge in [0.25, 0.3) is 5.91 Å². The Hall–Kier alpha value is -2.55. The lowest BCUT2D eigenvalue weighted by Crippen LogP contribution is -2.40. The number of aromatic nitrogens is 1. The van der Waals surface area contributed by atoms with Gasteiger partial charge in [0, 0.05) is 26.2 Å². The highest BCUT2D eigenvalue weighted by Gasteiger charge is 2.22. The molecule has 1 fully saturated rings. The molecule has 0 unspecified atom stereocenters. The Kier molecular flexibility index (Phi) is 7.34. The zero-order valence-electron chi connectivity index (χ0n) is 18.5. The molecule has 1 aliphatic rings. The molecule has 0 aliphatic carbocycles. The number of aryl methyl sites for hydroxylation is 2. The van der Waals surface area contributed by atoms with Gasteiger partial charge in [-0.2, -0.15) is 0 Å². The van der Waals surface area contributed by atoms with Crippen LogP contribution in [0.4, 0.5) is 9.52 Å². The van der Waals surface area contributed by atoms with Gasteiger partial charge in [0.1, 0.15) is 0 Å². The van der Waals surface area contributed by atoms with Gasteiger partial charge in [-0.15, -0.1) is 0 Å². The molecule has 8 heteroatoms. The molecule has 0 atom stereocenters. The molecule has 0 saturated carbocycles. The minimum atomic E-state index is -0.481. The van der Waals surface area contributed by atoms with E-state index in [1.807, 2.05) is 0 Å². The van der Waals surface area contributed by atoms with Gasteiger partial charge < -0.3 is 9.47 Å². The Balaban J connectivity index is 1.50. The number of rotatable bonds is 8. The quantitative estimate of drug-likeness (QED) is 0.508. The zero-order chi connectivity index (χ0) is 22.5. The summed E-state index contributed by atoms with van der Waals surface area (Å²) >= 11 is 1.50. The molecule has 0 spiro atoms. The first-order valence-electron chi connectivity index (χ1n) is 10.9. The minimum Gasteiger partial charge on any atom is -0.481 e. The molecule has 1 amide bonds. The lowest BCUT2D eigenvalue weighted by molar-refractivity contribution is -0.120. The van der Waals surface area contributed by atoms with E-state index >= 15 is 0 Å². The molecule has 1 aliphatic heterocycles. The monoisotopic (exact) mass is 457 g/mol. The van der Waals surface area contributed by atoms with Crippen LogP contribution in [0, 0.1) is 19.7 Å². The largest absolute Gasteiger partial charge is 0.481 e. The molecule has 32 heavy (non-hydrogen) atoms. The van der Waals surface area contributed by atoms with E-state index in [4.69, 9.17) is 14.5 Å². The Bertz CT molecular complexity index is 1040. The fourth-order valence-electron chi connectivity index (χ4n) is 3.67. The number of fused-ring (bicyclic) bond motifs is 1. The number of carbonyl (C=O) groups is 1. The number of nitrogens with zero attached hydrogens (tertiary/aromatic N) is 3. The molecule has 0 bridgehead atoms. The SMILES string of the molecule is Cc1cc2nc(N(CCCN3CCOCC3)C(=O)COc3ccccc3F)sc2cc1C. The molecule has 0 N–H and O–H groups in total. The predicted octanol–water partition coefficient (Wildman–Crippen LogP) is 4.19. The van der Waals surface area contributed by atoms with Gasteiger partial charge in [0.15, 0.2) is 23.3 Å².